The number of allylic oxidation sites excluding steroid dienone is 2. The van der Waals surface area contributed by atoms with E-state index in [1.165, 1.54) is 11.0 Å². The van der Waals surface area contributed by atoms with Crippen molar-refractivity contribution in [3.05, 3.63) is 65.7 Å². The van der Waals surface area contributed by atoms with Crippen molar-refractivity contribution in [3.63, 3.8) is 0 Å². The molecule has 0 radical (unpaired) electrons. The van der Waals surface area contributed by atoms with Crippen molar-refractivity contribution in [2.75, 3.05) is 0 Å². The number of benzene rings is 1. The van der Waals surface area contributed by atoms with Gasteiger partial charge in [-0.2, -0.15) is 5.26 Å². The molecule has 102 valence electrons. The van der Waals surface area contributed by atoms with Crippen molar-refractivity contribution < 1.29 is 34.7 Å². The number of fused-ring (bicyclic) bond motifs is 1. The Balaban J connectivity index is 0.00000220. The van der Waals surface area contributed by atoms with Gasteiger partial charge in [0, 0.05) is 6.20 Å². The van der Waals surface area contributed by atoms with Gasteiger partial charge < -0.3 is 10.0 Å². The topological polar surface area (TPSA) is 50.1 Å². The Hall–Kier alpha value is -1.47. The van der Waals surface area contributed by atoms with Gasteiger partial charge in [0.05, 0.1) is 6.07 Å². The fourth-order valence-electron chi connectivity index (χ4n) is 2.53. The Bertz CT molecular complexity index is 642. The van der Waals surface area contributed by atoms with Crippen LogP contribution in [-0.2, 0) is 5.54 Å². The van der Waals surface area contributed by atoms with Crippen LogP contribution in [0, 0.1) is 11.3 Å². The maximum Gasteiger partial charge on any atom is 1.00 e. The zero-order valence-electron chi connectivity index (χ0n) is 12.8. The SMILES string of the molecule is C=C(C)/C=C(\[O-])N1C=Cc2ccccc2C1(C#N)CC.[Na+]. The predicted molar refractivity (Wildman–Crippen MR) is 77.8 cm³/mol. The minimum Gasteiger partial charge on any atom is -0.860 e. The number of nitriles is 1. The Morgan fingerprint density at radius 3 is 2.71 bits per heavy atom. The molecule has 0 bridgehead atoms. The van der Waals surface area contributed by atoms with Crippen LogP contribution in [0.15, 0.2) is 54.6 Å². The molecule has 2 rings (SSSR count). The Morgan fingerprint density at radius 1 is 1.48 bits per heavy atom. The molecular weight excluding hydrogens is 271 g/mol. The standard InChI is InChI=1S/C17H18N2O.Na/c1-4-17(12-18)15-8-6-5-7-14(15)9-10-19(17)16(20)11-13(2)3;/h5-11,20H,2,4H2,1,3H3;/q;+1/p-1/b16-11-;. The molecule has 21 heavy (non-hydrogen) atoms. The molecule has 0 aromatic heterocycles. The molecule has 1 aliphatic rings. The third-order valence-electron chi connectivity index (χ3n) is 3.52. The summed E-state index contributed by atoms with van der Waals surface area (Å²) in [5.41, 5.74) is 1.57. The minimum atomic E-state index is -0.950. The molecule has 1 aromatic carbocycles. The van der Waals surface area contributed by atoms with E-state index in [2.05, 4.69) is 12.6 Å². The van der Waals surface area contributed by atoms with Crippen LogP contribution in [0.1, 0.15) is 31.4 Å². The van der Waals surface area contributed by atoms with Gasteiger partial charge in [-0.05, 0) is 36.4 Å². The maximum atomic E-state index is 12.4. The summed E-state index contributed by atoms with van der Waals surface area (Å²) in [7, 11) is 0. The third-order valence-corrected chi connectivity index (χ3v) is 3.52. The summed E-state index contributed by atoms with van der Waals surface area (Å²) < 4.78 is 0. The number of rotatable bonds is 3. The molecule has 0 N–H and O–H groups in total. The minimum absolute atomic E-state index is 0. The Kier molecular flexibility index (Phi) is 5.86. The molecule has 1 atom stereocenters. The summed E-state index contributed by atoms with van der Waals surface area (Å²) in [6.07, 6.45) is 5.54. The monoisotopic (exact) mass is 288 g/mol. The van der Waals surface area contributed by atoms with E-state index in [-0.39, 0.29) is 35.4 Å². The van der Waals surface area contributed by atoms with Crippen LogP contribution in [0.5, 0.6) is 0 Å². The van der Waals surface area contributed by atoms with Gasteiger partial charge in [0.15, 0.2) is 5.54 Å². The molecule has 0 aliphatic carbocycles. The summed E-state index contributed by atoms with van der Waals surface area (Å²) in [5, 5.41) is 22.1. The first-order chi connectivity index (χ1) is 9.55. The molecule has 0 saturated carbocycles. The molecule has 1 heterocycles. The van der Waals surface area contributed by atoms with Gasteiger partial charge in [-0.15, -0.1) is 0 Å². The number of hydrogen-bond acceptors (Lipinski definition) is 3. The van der Waals surface area contributed by atoms with Crippen LogP contribution >= 0.6 is 0 Å². The predicted octanol–water partition coefficient (Wildman–Crippen LogP) is -0.116. The van der Waals surface area contributed by atoms with Crippen LogP contribution in [0.3, 0.4) is 0 Å². The molecule has 1 aliphatic heterocycles. The fraction of sp³-hybridized carbons (Fsp3) is 0.235. The summed E-state index contributed by atoms with van der Waals surface area (Å²) in [6, 6.07) is 10.0. The average Bonchev–Trinajstić information content (AvgIpc) is 2.45. The first-order valence-corrected chi connectivity index (χ1v) is 6.57. The maximum absolute atomic E-state index is 12.4. The van der Waals surface area contributed by atoms with E-state index in [0.717, 1.165) is 11.1 Å². The van der Waals surface area contributed by atoms with Gasteiger partial charge in [-0.25, -0.2) is 0 Å². The first-order valence-electron chi connectivity index (χ1n) is 6.57. The smallest absolute Gasteiger partial charge is 0.860 e. The van der Waals surface area contributed by atoms with Crippen molar-refractivity contribution in [2.24, 2.45) is 0 Å². The van der Waals surface area contributed by atoms with Crippen LogP contribution in [-0.4, -0.2) is 4.90 Å². The molecule has 0 fully saturated rings. The molecule has 0 spiro atoms. The van der Waals surface area contributed by atoms with E-state index in [1.807, 2.05) is 37.3 Å². The molecule has 0 amide bonds. The fourth-order valence-corrected chi connectivity index (χ4v) is 2.53. The van der Waals surface area contributed by atoms with Crippen LogP contribution in [0.25, 0.3) is 6.08 Å². The van der Waals surface area contributed by atoms with Crippen LogP contribution in [0.4, 0.5) is 0 Å². The molecule has 3 nitrogen and oxygen atoms in total. The van der Waals surface area contributed by atoms with Crippen molar-refractivity contribution >= 4 is 6.08 Å². The van der Waals surface area contributed by atoms with Gasteiger partial charge in [-0.3, -0.25) is 0 Å². The Labute approximate surface area is 148 Å². The van der Waals surface area contributed by atoms with Crippen molar-refractivity contribution in [1.29, 1.82) is 5.26 Å². The van der Waals surface area contributed by atoms with Gasteiger partial charge in [0.1, 0.15) is 0 Å². The van der Waals surface area contributed by atoms with Crippen molar-refractivity contribution in [1.82, 2.24) is 4.90 Å². The van der Waals surface area contributed by atoms with Gasteiger partial charge in [-0.1, -0.05) is 49.4 Å². The second-order valence-corrected chi connectivity index (χ2v) is 4.93. The summed E-state index contributed by atoms with van der Waals surface area (Å²) >= 11 is 0. The van der Waals surface area contributed by atoms with Crippen molar-refractivity contribution in [3.8, 4) is 6.07 Å². The second kappa shape index (κ2) is 7.00. The van der Waals surface area contributed by atoms with E-state index < -0.39 is 5.54 Å². The molecule has 1 unspecified atom stereocenters. The molecule has 0 saturated heterocycles. The van der Waals surface area contributed by atoms with E-state index in [1.54, 1.807) is 13.1 Å². The molecular formula is C17H17N2NaO. The largest absolute Gasteiger partial charge is 1.00 e. The van der Waals surface area contributed by atoms with E-state index >= 15 is 0 Å². The normalized spacial score (nSPS) is 20.2. The Morgan fingerprint density at radius 2 is 2.14 bits per heavy atom. The molecule has 1 aromatic rings. The summed E-state index contributed by atoms with van der Waals surface area (Å²) in [4.78, 5) is 1.50. The average molecular weight is 288 g/mol. The van der Waals surface area contributed by atoms with E-state index in [9.17, 15) is 10.4 Å². The van der Waals surface area contributed by atoms with E-state index in [0.29, 0.717) is 12.0 Å². The van der Waals surface area contributed by atoms with Crippen LogP contribution in [0.2, 0.25) is 0 Å². The van der Waals surface area contributed by atoms with Crippen LogP contribution < -0.4 is 34.7 Å². The zero-order chi connectivity index (χ0) is 14.8. The zero-order valence-corrected chi connectivity index (χ0v) is 14.8. The van der Waals surface area contributed by atoms with E-state index in [4.69, 9.17) is 0 Å². The van der Waals surface area contributed by atoms with Gasteiger partial charge in [0.2, 0.25) is 0 Å². The van der Waals surface area contributed by atoms with Gasteiger partial charge in [0.25, 0.3) is 0 Å². The summed E-state index contributed by atoms with van der Waals surface area (Å²) in [5.74, 6) is -0.216. The number of hydrogen-bond donors (Lipinski definition) is 0. The third kappa shape index (κ3) is 3.08. The first kappa shape index (κ1) is 17.6. The molecule has 4 heteroatoms. The second-order valence-electron chi connectivity index (χ2n) is 4.93. The number of nitrogens with zero attached hydrogens (tertiary/aromatic N) is 2. The summed E-state index contributed by atoms with van der Waals surface area (Å²) in [6.45, 7) is 7.40. The van der Waals surface area contributed by atoms with Crippen molar-refractivity contribution in [2.45, 2.75) is 25.8 Å². The van der Waals surface area contributed by atoms with Gasteiger partial charge >= 0.3 is 29.6 Å². The quantitative estimate of drug-likeness (QED) is 0.443.